The molecule has 158 valence electrons. The Labute approximate surface area is 195 Å². The number of oxazole rings is 1. The van der Waals surface area contributed by atoms with Crippen molar-refractivity contribution in [1.82, 2.24) is 4.98 Å². The van der Waals surface area contributed by atoms with Gasteiger partial charge in [-0.05, 0) is 60.4 Å². The molecule has 1 N–H and O–H groups in total. The molecule has 0 spiro atoms. The van der Waals surface area contributed by atoms with Crippen LogP contribution in [0.4, 0.5) is 5.69 Å². The van der Waals surface area contributed by atoms with E-state index >= 15 is 0 Å². The topological polar surface area (TPSA) is 55.1 Å². The fraction of sp³-hybridized carbons (Fsp3) is 0.167. The number of aromatic nitrogens is 1. The number of amides is 1. The first-order valence-electron chi connectivity index (χ1n) is 9.83. The highest BCUT2D eigenvalue weighted by Gasteiger charge is 2.16. The molecule has 1 unspecified atom stereocenters. The van der Waals surface area contributed by atoms with Crippen molar-refractivity contribution >= 4 is 57.5 Å². The molecule has 1 amide bonds. The predicted octanol–water partition coefficient (Wildman–Crippen LogP) is 8.22. The zero-order valence-corrected chi connectivity index (χ0v) is 19.1. The molecule has 0 saturated heterocycles. The van der Waals surface area contributed by atoms with Crippen molar-refractivity contribution in [1.29, 1.82) is 0 Å². The molecule has 4 aromatic rings. The Bertz CT molecular complexity index is 1280. The van der Waals surface area contributed by atoms with E-state index < -0.39 is 5.91 Å². The summed E-state index contributed by atoms with van der Waals surface area (Å²) < 4.78 is 5.94. The van der Waals surface area contributed by atoms with Crippen LogP contribution in [-0.4, -0.2) is 10.9 Å². The molecule has 4 nitrogen and oxygen atoms in total. The molecule has 1 aromatic heterocycles. The van der Waals surface area contributed by atoms with Gasteiger partial charge in [-0.2, -0.15) is 0 Å². The highest BCUT2D eigenvalue weighted by Crippen LogP contribution is 2.33. The minimum atomic E-state index is -0.415. The molecule has 3 aromatic carbocycles. The number of carbonyl (C=O) groups is 1. The van der Waals surface area contributed by atoms with Crippen molar-refractivity contribution in [2.24, 2.45) is 0 Å². The summed E-state index contributed by atoms with van der Waals surface area (Å²) >= 11 is 18.5. The second-order valence-electron chi connectivity index (χ2n) is 7.31. The number of benzene rings is 3. The molecule has 1 heterocycles. The van der Waals surface area contributed by atoms with Gasteiger partial charge >= 0.3 is 0 Å². The Kier molecular flexibility index (Phi) is 6.24. The molecule has 0 bridgehead atoms. The molecule has 0 aliphatic rings. The van der Waals surface area contributed by atoms with Gasteiger partial charge in [0.15, 0.2) is 5.58 Å². The molecule has 0 fully saturated rings. The molecule has 0 saturated carbocycles. The van der Waals surface area contributed by atoms with E-state index in [-0.39, 0.29) is 10.6 Å². The van der Waals surface area contributed by atoms with E-state index in [2.05, 4.69) is 36.3 Å². The Balaban J connectivity index is 1.66. The van der Waals surface area contributed by atoms with Crippen LogP contribution in [0.5, 0.6) is 0 Å². The second kappa shape index (κ2) is 8.91. The lowest BCUT2D eigenvalue weighted by atomic mass is 9.98. The number of fused-ring (bicyclic) bond motifs is 1. The molecule has 1 atom stereocenters. The SMILES string of the molecule is CCC(C)c1ccc2oc(-c3ccc(Cl)c(NC(=O)c4cccc(Cl)c4Cl)c3)nc2c1. The normalized spacial score (nSPS) is 12.2. The van der Waals surface area contributed by atoms with Gasteiger partial charge in [0, 0.05) is 5.56 Å². The number of hydrogen-bond donors (Lipinski definition) is 1. The van der Waals surface area contributed by atoms with Gasteiger partial charge in [-0.1, -0.05) is 60.8 Å². The molecule has 31 heavy (non-hydrogen) atoms. The van der Waals surface area contributed by atoms with Crippen LogP contribution in [0.1, 0.15) is 42.1 Å². The quantitative estimate of drug-likeness (QED) is 0.317. The zero-order chi connectivity index (χ0) is 22.1. The fourth-order valence-corrected chi connectivity index (χ4v) is 3.78. The van der Waals surface area contributed by atoms with E-state index in [9.17, 15) is 4.79 Å². The predicted molar refractivity (Wildman–Crippen MR) is 128 cm³/mol. The van der Waals surface area contributed by atoms with Gasteiger partial charge in [0.25, 0.3) is 5.91 Å². The van der Waals surface area contributed by atoms with Crippen molar-refractivity contribution in [2.75, 3.05) is 5.32 Å². The minimum Gasteiger partial charge on any atom is -0.436 e. The number of hydrogen-bond acceptors (Lipinski definition) is 3. The van der Waals surface area contributed by atoms with Crippen LogP contribution in [0.25, 0.3) is 22.6 Å². The van der Waals surface area contributed by atoms with E-state index in [1.165, 1.54) is 5.56 Å². The number of nitrogens with zero attached hydrogens (tertiary/aromatic N) is 1. The van der Waals surface area contributed by atoms with Gasteiger partial charge in [0.1, 0.15) is 5.52 Å². The Hall–Kier alpha value is -2.53. The van der Waals surface area contributed by atoms with Gasteiger partial charge in [0.05, 0.1) is 26.3 Å². The smallest absolute Gasteiger partial charge is 0.257 e. The lowest BCUT2D eigenvalue weighted by Gasteiger charge is -2.10. The third-order valence-corrected chi connectivity index (χ3v) is 6.40. The number of carbonyl (C=O) groups excluding carboxylic acids is 1. The summed E-state index contributed by atoms with van der Waals surface area (Å²) in [5.74, 6) is 0.478. The standard InChI is InChI=1S/C24H19Cl3N2O2/c1-3-13(2)14-8-10-21-20(11-14)29-24(31-21)15-7-9-17(25)19(12-15)28-23(30)16-5-4-6-18(26)22(16)27/h4-13H,3H2,1-2H3,(H,28,30). The number of nitrogens with one attached hydrogen (secondary N) is 1. The first-order valence-corrected chi connectivity index (χ1v) is 11.0. The molecule has 4 rings (SSSR count). The average molecular weight is 474 g/mol. The third kappa shape index (κ3) is 4.42. The first-order chi connectivity index (χ1) is 14.9. The Morgan fingerprint density at radius 3 is 2.65 bits per heavy atom. The summed E-state index contributed by atoms with van der Waals surface area (Å²) in [6.45, 7) is 4.34. The van der Waals surface area contributed by atoms with Crippen molar-refractivity contribution < 1.29 is 9.21 Å². The lowest BCUT2D eigenvalue weighted by Crippen LogP contribution is -2.13. The Morgan fingerprint density at radius 1 is 1.06 bits per heavy atom. The van der Waals surface area contributed by atoms with Crippen LogP contribution < -0.4 is 5.32 Å². The summed E-state index contributed by atoms with van der Waals surface area (Å²) in [6, 6.07) is 16.1. The van der Waals surface area contributed by atoms with Gasteiger partial charge in [-0.25, -0.2) is 4.98 Å². The summed E-state index contributed by atoms with van der Waals surface area (Å²) in [7, 11) is 0. The van der Waals surface area contributed by atoms with Gasteiger partial charge < -0.3 is 9.73 Å². The molecule has 0 aliphatic heterocycles. The van der Waals surface area contributed by atoms with Crippen molar-refractivity contribution in [3.05, 3.63) is 80.8 Å². The molecule has 0 aliphatic carbocycles. The lowest BCUT2D eigenvalue weighted by molar-refractivity contribution is 0.102. The Morgan fingerprint density at radius 2 is 1.87 bits per heavy atom. The van der Waals surface area contributed by atoms with Crippen molar-refractivity contribution in [2.45, 2.75) is 26.2 Å². The molecular weight excluding hydrogens is 455 g/mol. The van der Waals surface area contributed by atoms with Gasteiger partial charge in [-0.15, -0.1) is 0 Å². The van der Waals surface area contributed by atoms with Crippen molar-refractivity contribution in [3.63, 3.8) is 0 Å². The van der Waals surface area contributed by atoms with Crippen LogP contribution >= 0.6 is 34.8 Å². The van der Waals surface area contributed by atoms with Crippen LogP contribution in [0.2, 0.25) is 15.1 Å². The van der Waals surface area contributed by atoms with Gasteiger partial charge in [-0.3, -0.25) is 4.79 Å². The van der Waals surface area contributed by atoms with E-state index in [0.29, 0.717) is 38.7 Å². The van der Waals surface area contributed by atoms with E-state index in [1.54, 1.807) is 36.4 Å². The average Bonchev–Trinajstić information content (AvgIpc) is 3.19. The van der Waals surface area contributed by atoms with Crippen molar-refractivity contribution in [3.8, 4) is 11.5 Å². The van der Waals surface area contributed by atoms with E-state index in [0.717, 1.165) is 11.9 Å². The first kappa shape index (κ1) is 21.7. The van der Waals surface area contributed by atoms with E-state index in [4.69, 9.17) is 39.2 Å². The second-order valence-corrected chi connectivity index (χ2v) is 8.50. The number of anilines is 1. The van der Waals surface area contributed by atoms with Crippen LogP contribution in [0.3, 0.4) is 0 Å². The summed E-state index contributed by atoms with van der Waals surface area (Å²) in [6.07, 6.45) is 1.05. The zero-order valence-electron chi connectivity index (χ0n) is 16.9. The van der Waals surface area contributed by atoms with Crippen LogP contribution in [-0.2, 0) is 0 Å². The summed E-state index contributed by atoms with van der Waals surface area (Å²) in [5, 5.41) is 3.66. The minimum absolute atomic E-state index is 0.185. The molecule has 0 radical (unpaired) electrons. The van der Waals surface area contributed by atoms with E-state index in [1.807, 2.05) is 6.07 Å². The number of halogens is 3. The third-order valence-electron chi connectivity index (χ3n) is 5.25. The maximum atomic E-state index is 12.7. The number of rotatable bonds is 5. The maximum absolute atomic E-state index is 12.7. The molecule has 7 heteroatoms. The fourth-order valence-electron chi connectivity index (χ4n) is 3.23. The van der Waals surface area contributed by atoms with Gasteiger partial charge in [0.2, 0.25) is 5.89 Å². The monoisotopic (exact) mass is 472 g/mol. The maximum Gasteiger partial charge on any atom is 0.257 e. The van der Waals surface area contributed by atoms with Crippen LogP contribution in [0, 0.1) is 0 Å². The highest BCUT2D eigenvalue weighted by atomic mass is 35.5. The molecular formula is C24H19Cl3N2O2. The summed E-state index contributed by atoms with van der Waals surface area (Å²) in [5.41, 5.74) is 4.08. The summed E-state index contributed by atoms with van der Waals surface area (Å²) in [4.78, 5) is 17.3. The largest absolute Gasteiger partial charge is 0.436 e. The van der Waals surface area contributed by atoms with Crippen LogP contribution in [0.15, 0.2) is 59.0 Å². The highest BCUT2D eigenvalue weighted by molar-refractivity contribution is 6.44.